The number of aliphatic imine (C=N–C) groups is 1. The monoisotopic (exact) mass is 699 g/mol. The van der Waals surface area contributed by atoms with Gasteiger partial charge in [-0.15, -0.1) is 0 Å². The van der Waals surface area contributed by atoms with Crippen LogP contribution in [0.1, 0.15) is 118 Å². The summed E-state index contributed by atoms with van der Waals surface area (Å²) in [6.07, 6.45) is 9.74. The van der Waals surface area contributed by atoms with Crippen LogP contribution >= 0.6 is 0 Å². The molecule has 1 fully saturated rings. The zero-order valence-corrected chi connectivity index (χ0v) is 30.8. The Kier molecular flexibility index (Phi) is 11.5. The highest BCUT2D eigenvalue weighted by molar-refractivity contribution is 5.83. The van der Waals surface area contributed by atoms with Crippen molar-refractivity contribution in [1.82, 2.24) is 0 Å². The number of fused-ring (bicyclic) bond motifs is 5. The van der Waals surface area contributed by atoms with E-state index in [0.717, 1.165) is 110 Å². The fourth-order valence-electron chi connectivity index (χ4n) is 8.64. The number of methoxy groups -OCH3 is 1. The summed E-state index contributed by atoms with van der Waals surface area (Å²) >= 11 is 0. The molecule has 0 spiro atoms. The van der Waals surface area contributed by atoms with E-state index in [9.17, 15) is 15.3 Å². The van der Waals surface area contributed by atoms with E-state index < -0.39 is 12.2 Å². The Balaban J connectivity index is 1.34. The molecule has 0 amide bonds. The lowest BCUT2D eigenvalue weighted by Gasteiger charge is -2.38. The van der Waals surface area contributed by atoms with Crippen molar-refractivity contribution in [2.45, 2.75) is 122 Å². The maximum atomic E-state index is 11.8. The molecule has 3 aliphatic rings. The lowest BCUT2D eigenvalue weighted by molar-refractivity contribution is 0.0198. The predicted octanol–water partition coefficient (Wildman–Crippen LogP) is 7.83. The SMILES string of the molecule is CCCCCC1Cc2cc(O)c(CC(C)C)cc2-c2c(OC)cc3c(c21)CC(O)C(c1ccc(O)c(OC2CCCCC2CCN=C(N)N)c1)O3. The maximum absolute atomic E-state index is 11.8. The van der Waals surface area contributed by atoms with Gasteiger partial charge in [0.15, 0.2) is 17.5 Å². The number of rotatable bonds is 13. The van der Waals surface area contributed by atoms with E-state index in [1.54, 1.807) is 19.2 Å². The van der Waals surface area contributed by atoms with Gasteiger partial charge in [0.2, 0.25) is 0 Å². The van der Waals surface area contributed by atoms with Crippen molar-refractivity contribution < 1.29 is 29.5 Å². The molecule has 9 heteroatoms. The van der Waals surface area contributed by atoms with Gasteiger partial charge < -0.3 is 41.0 Å². The van der Waals surface area contributed by atoms with Crippen LogP contribution in [0.3, 0.4) is 0 Å². The molecule has 3 aromatic rings. The van der Waals surface area contributed by atoms with Gasteiger partial charge in [-0.25, -0.2) is 0 Å². The van der Waals surface area contributed by atoms with Gasteiger partial charge in [-0.05, 0) is 115 Å². The Hall–Kier alpha value is -4.11. The first-order valence-electron chi connectivity index (χ1n) is 19.1. The molecule has 0 radical (unpaired) electrons. The molecule has 0 aromatic heterocycles. The number of ether oxygens (including phenoxy) is 3. The molecule has 3 aromatic carbocycles. The molecule has 51 heavy (non-hydrogen) atoms. The minimum Gasteiger partial charge on any atom is -0.508 e. The summed E-state index contributed by atoms with van der Waals surface area (Å²) in [6.45, 7) is 7.09. The van der Waals surface area contributed by atoms with Gasteiger partial charge in [0, 0.05) is 30.2 Å². The smallest absolute Gasteiger partial charge is 0.185 e. The number of aromatic hydroxyl groups is 2. The first-order valence-corrected chi connectivity index (χ1v) is 19.1. The summed E-state index contributed by atoms with van der Waals surface area (Å²) in [6, 6.07) is 11.3. The van der Waals surface area contributed by atoms with E-state index in [-0.39, 0.29) is 29.6 Å². The normalized spacial score (nSPS) is 22.4. The number of phenols is 2. The number of nitrogens with two attached hydrogens (primary N) is 2. The van der Waals surface area contributed by atoms with Gasteiger partial charge in [0.25, 0.3) is 0 Å². The standard InChI is InChI=1S/C42H57N3O6/c1-5-6-7-11-26-18-28-20-33(47)29(17-24(2)3)19-30(28)40-38(49-4)23-36-31(39(26)40)22-34(48)41(51-36)27-13-14-32(46)37(21-27)50-35-12-9-8-10-25(35)15-16-45-42(43)44/h13-14,19-21,23-26,34-35,41,46-48H,5-12,15-18,22H2,1-4H3,(H4,43,44,45). The molecular weight excluding hydrogens is 642 g/mol. The van der Waals surface area contributed by atoms with Gasteiger partial charge in [0.05, 0.1) is 13.2 Å². The van der Waals surface area contributed by atoms with Crippen molar-refractivity contribution in [3.63, 3.8) is 0 Å². The third kappa shape index (κ3) is 8.03. The van der Waals surface area contributed by atoms with Crippen molar-refractivity contribution in [2.24, 2.45) is 28.3 Å². The fraction of sp³-hybridized carbons (Fsp3) is 0.548. The van der Waals surface area contributed by atoms with Crippen LogP contribution in [0.4, 0.5) is 0 Å². The molecule has 1 aliphatic heterocycles. The third-order valence-electron chi connectivity index (χ3n) is 11.1. The quantitative estimate of drug-likeness (QED) is 0.0688. The molecule has 1 heterocycles. The molecule has 6 rings (SSSR count). The van der Waals surface area contributed by atoms with E-state index in [2.05, 4.69) is 31.8 Å². The summed E-state index contributed by atoms with van der Waals surface area (Å²) in [4.78, 5) is 4.17. The third-order valence-corrected chi connectivity index (χ3v) is 11.1. The van der Waals surface area contributed by atoms with Gasteiger partial charge in [-0.1, -0.05) is 52.5 Å². The van der Waals surface area contributed by atoms with Crippen LogP contribution in [-0.4, -0.2) is 47.1 Å². The summed E-state index contributed by atoms with van der Waals surface area (Å²) in [7, 11) is 1.70. The zero-order chi connectivity index (χ0) is 36.2. The van der Waals surface area contributed by atoms with Crippen molar-refractivity contribution in [2.75, 3.05) is 13.7 Å². The van der Waals surface area contributed by atoms with Crippen LogP contribution < -0.4 is 25.7 Å². The van der Waals surface area contributed by atoms with Crippen LogP contribution in [0.2, 0.25) is 0 Å². The minimum absolute atomic E-state index is 0.0604. The Morgan fingerprint density at radius 3 is 2.53 bits per heavy atom. The molecule has 276 valence electrons. The average molecular weight is 700 g/mol. The van der Waals surface area contributed by atoms with E-state index in [1.165, 1.54) is 5.56 Å². The van der Waals surface area contributed by atoms with E-state index >= 15 is 0 Å². The highest BCUT2D eigenvalue weighted by atomic mass is 16.5. The number of unbranched alkanes of at least 4 members (excludes halogenated alkanes) is 2. The molecule has 0 bridgehead atoms. The lowest BCUT2D eigenvalue weighted by Crippen LogP contribution is -2.33. The van der Waals surface area contributed by atoms with Crippen molar-refractivity contribution >= 4 is 5.96 Å². The van der Waals surface area contributed by atoms with Crippen molar-refractivity contribution in [3.05, 3.63) is 64.2 Å². The number of benzene rings is 3. The first kappa shape index (κ1) is 36.7. The molecule has 1 saturated carbocycles. The molecular formula is C42H57N3O6. The number of aliphatic hydroxyl groups is 1. The Labute approximate surface area is 303 Å². The largest absolute Gasteiger partial charge is 0.508 e. The summed E-state index contributed by atoms with van der Waals surface area (Å²) in [5.41, 5.74) is 18.3. The summed E-state index contributed by atoms with van der Waals surface area (Å²) in [5, 5.41) is 33.7. The first-order chi connectivity index (χ1) is 24.6. The second-order valence-corrected chi connectivity index (χ2v) is 15.3. The topological polar surface area (TPSA) is 153 Å². The number of hydrogen-bond donors (Lipinski definition) is 5. The van der Waals surface area contributed by atoms with Crippen LogP contribution in [-0.2, 0) is 19.3 Å². The van der Waals surface area contributed by atoms with Gasteiger partial charge in [-0.2, -0.15) is 0 Å². The Morgan fingerprint density at radius 1 is 0.980 bits per heavy atom. The Morgan fingerprint density at radius 2 is 1.78 bits per heavy atom. The highest BCUT2D eigenvalue weighted by Gasteiger charge is 2.38. The number of hydrogen-bond acceptors (Lipinski definition) is 7. The molecule has 2 aliphatic carbocycles. The summed E-state index contributed by atoms with van der Waals surface area (Å²) < 4.78 is 19.4. The second-order valence-electron chi connectivity index (χ2n) is 15.3. The molecule has 9 nitrogen and oxygen atoms in total. The van der Waals surface area contributed by atoms with Crippen molar-refractivity contribution in [3.8, 4) is 39.9 Å². The zero-order valence-electron chi connectivity index (χ0n) is 30.8. The molecule has 7 N–H and O–H groups in total. The highest BCUT2D eigenvalue weighted by Crippen LogP contribution is 2.54. The van der Waals surface area contributed by atoms with Gasteiger partial charge in [0.1, 0.15) is 29.5 Å². The van der Waals surface area contributed by atoms with Crippen molar-refractivity contribution in [1.29, 1.82) is 0 Å². The molecule has 5 unspecified atom stereocenters. The van der Waals surface area contributed by atoms with Gasteiger partial charge >= 0.3 is 0 Å². The maximum Gasteiger partial charge on any atom is 0.185 e. The van der Waals surface area contributed by atoms with Crippen LogP contribution in [0.25, 0.3) is 11.1 Å². The Bertz CT molecular complexity index is 1720. The minimum atomic E-state index is -0.816. The van der Waals surface area contributed by atoms with Crippen LogP contribution in [0.5, 0.6) is 28.7 Å². The lowest BCUT2D eigenvalue weighted by atomic mass is 9.72. The number of guanidine groups is 1. The summed E-state index contributed by atoms with van der Waals surface area (Å²) in [5.74, 6) is 3.23. The van der Waals surface area contributed by atoms with E-state index in [1.807, 2.05) is 18.2 Å². The molecule has 5 atom stereocenters. The number of aliphatic hydroxyl groups excluding tert-OH is 1. The molecule has 0 saturated heterocycles. The van der Waals surface area contributed by atoms with Gasteiger partial charge in [-0.3, -0.25) is 4.99 Å². The fourth-order valence-corrected chi connectivity index (χ4v) is 8.64. The number of phenolic OH excluding ortho intramolecular Hbond substituents is 2. The number of nitrogens with zero attached hydrogens (tertiary/aromatic N) is 1. The van der Waals surface area contributed by atoms with Crippen LogP contribution in [0.15, 0.2) is 41.4 Å². The second kappa shape index (κ2) is 16.1. The average Bonchev–Trinajstić information content (AvgIpc) is 3.09. The van der Waals surface area contributed by atoms with E-state index in [4.69, 9.17) is 25.7 Å². The van der Waals surface area contributed by atoms with Crippen LogP contribution in [0, 0.1) is 11.8 Å². The predicted molar refractivity (Wildman–Crippen MR) is 202 cm³/mol. The van der Waals surface area contributed by atoms with E-state index in [0.29, 0.717) is 36.1 Å².